The second kappa shape index (κ2) is 7.32. The summed E-state index contributed by atoms with van der Waals surface area (Å²) in [6.07, 6.45) is 0.629. The lowest BCUT2D eigenvalue weighted by atomic mass is 10.1. The average molecular weight is 364 g/mol. The van der Waals surface area contributed by atoms with Crippen LogP contribution in [0.4, 0.5) is 0 Å². The number of benzene rings is 2. The van der Waals surface area contributed by atoms with Crippen molar-refractivity contribution in [1.82, 2.24) is 9.80 Å². The number of amides is 3. The van der Waals surface area contributed by atoms with Gasteiger partial charge in [-0.3, -0.25) is 19.3 Å². The van der Waals surface area contributed by atoms with Crippen LogP contribution in [0.5, 0.6) is 0 Å². The molecule has 2 aromatic carbocycles. The van der Waals surface area contributed by atoms with Crippen LogP contribution in [0.15, 0.2) is 54.6 Å². The smallest absolute Gasteiger partial charge is 0.262 e. The first-order chi connectivity index (χ1) is 13.1. The van der Waals surface area contributed by atoms with Crippen molar-refractivity contribution >= 4 is 17.7 Å². The first kappa shape index (κ1) is 17.4. The summed E-state index contributed by atoms with van der Waals surface area (Å²) in [7, 11) is 0. The van der Waals surface area contributed by atoms with E-state index < -0.39 is 11.8 Å². The Morgan fingerprint density at radius 2 is 1.59 bits per heavy atom. The molecule has 0 radical (unpaired) electrons. The van der Waals surface area contributed by atoms with Gasteiger partial charge < -0.3 is 9.64 Å². The maximum absolute atomic E-state index is 12.7. The third kappa shape index (κ3) is 3.48. The molecule has 1 unspecified atom stereocenters. The molecule has 6 heteroatoms. The zero-order chi connectivity index (χ0) is 18.8. The molecule has 2 aliphatic rings. The van der Waals surface area contributed by atoms with Crippen LogP contribution in [0.3, 0.4) is 0 Å². The predicted octanol–water partition coefficient (Wildman–Crippen LogP) is 1.75. The Balaban J connectivity index is 1.40. The summed E-state index contributed by atoms with van der Waals surface area (Å²) in [6.45, 7) is 1.14. The van der Waals surface area contributed by atoms with E-state index in [9.17, 15) is 14.4 Å². The number of carbonyl (C=O) groups excluding carboxylic acids is 3. The van der Waals surface area contributed by atoms with Crippen LogP contribution in [0.2, 0.25) is 0 Å². The van der Waals surface area contributed by atoms with Crippen LogP contribution in [0.25, 0.3) is 0 Å². The van der Waals surface area contributed by atoms with E-state index in [1.807, 2.05) is 30.3 Å². The van der Waals surface area contributed by atoms with Gasteiger partial charge in [-0.2, -0.15) is 0 Å². The van der Waals surface area contributed by atoms with E-state index in [0.717, 1.165) is 16.9 Å². The summed E-state index contributed by atoms with van der Waals surface area (Å²) in [4.78, 5) is 40.3. The van der Waals surface area contributed by atoms with Crippen molar-refractivity contribution in [1.29, 1.82) is 0 Å². The van der Waals surface area contributed by atoms with Gasteiger partial charge in [0, 0.05) is 19.5 Å². The first-order valence-electron chi connectivity index (χ1n) is 9.02. The van der Waals surface area contributed by atoms with Gasteiger partial charge in [0.2, 0.25) is 5.91 Å². The molecule has 6 nitrogen and oxygen atoms in total. The lowest BCUT2D eigenvalue weighted by Crippen LogP contribution is -2.50. The number of hydrogen-bond acceptors (Lipinski definition) is 4. The molecule has 4 rings (SSSR count). The Bertz CT molecular complexity index is 846. The normalized spacial score (nSPS) is 19.3. The van der Waals surface area contributed by atoms with Crippen LogP contribution in [0.1, 0.15) is 26.3 Å². The lowest BCUT2D eigenvalue weighted by Gasteiger charge is -2.33. The van der Waals surface area contributed by atoms with Crippen LogP contribution in [-0.4, -0.2) is 59.9 Å². The maximum Gasteiger partial charge on any atom is 0.262 e. The number of rotatable bonds is 4. The average Bonchev–Trinajstić information content (AvgIpc) is 2.94. The van der Waals surface area contributed by atoms with Crippen molar-refractivity contribution in [2.45, 2.75) is 12.5 Å². The van der Waals surface area contributed by atoms with Gasteiger partial charge in [-0.1, -0.05) is 42.5 Å². The molecule has 138 valence electrons. The molecule has 0 spiro atoms. The van der Waals surface area contributed by atoms with Crippen molar-refractivity contribution in [3.8, 4) is 0 Å². The predicted molar refractivity (Wildman–Crippen MR) is 98.3 cm³/mol. The molecule has 1 fully saturated rings. The highest BCUT2D eigenvalue weighted by Crippen LogP contribution is 2.22. The second-order valence-corrected chi connectivity index (χ2v) is 6.76. The highest BCUT2D eigenvalue weighted by atomic mass is 16.5. The largest absolute Gasteiger partial charge is 0.374 e. The third-order valence-corrected chi connectivity index (χ3v) is 4.97. The SMILES string of the molecule is O=C(CN1C(=O)c2ccccc2C1=O)N1CCOC(Cc2ccccc2)C1. The standard InChI is InChI=1S/C21H20N2O4/c24-19(14-23-20(25)17-8-4-5-9-18(17)21(23)26)22-10-11-27-16(13-22)12-15-6-2-1-3-7-15/h1-9,16H,10-14H2. The number of imide groups is 1. The molecule has 27 heavy (non-hydrogen) atoms. The van der Waals surface area contributed by atoms with Crippen LogP contribution >= 0.6 is 0 Å². The van der Waals surface area contributed by atoms with Crippen molar-refractivity contribution in [3.05, 3.63) is 71.3 Å². The minimum Gasteiger partial charge on any atom is -0.374 e. The number of fused-ring (bicyclic) bond motifs is 1. The molecular formula is C21H20N2O4. The van der Waals surface area contributed by atoms with Crippen molar-refractivity contribution < 1.29 is 19.1 Å². The van der Waals surface area contributed by atoms with E-state index in [2.05, 4.69) is 0 Å². The van der Waals surface area contributed by atoms with Gasteiger partial charge in [0.1, 0.15) is 6.54 Å². The summed E-state index contributed by atoms with van der Waals surface area (Å²) in [6, 6.07) is 16.6. The van der Waals surface area contributed by atoms with Gasteiger partial charge in [0.05, 0.1) is 23.8 Å². The molecule has 0 aromatic heterocycles. The van der Waals surface area contributed by atoms with Crippen molar-refractivity contribution in [2.24, 2.45) is 0 Å². The van der Waals surface area contributed by atoms with E-state index in [1.165, 1.54) is 0 Å². The molecule has 2 aromatic rings. The van der Waals surface area contributed by atoms with Gasteiger partial charge in [-0.15, -0.1) is 0 Å². The topological polar surface area (TPSA) is 66.9 Å². The molecule has 0 bridgehead atoms. The van der Waals surface area contributed by atoms with Crippen LogP contribution < -0.4 is 0 Å². The zero-order valence-electron chi connectivity index (χ0n) is 14.8. The van der Waals surface area contributed by atoms with Gasteiger partial charge in [-0.25, -0.2) is 0 Å². The Labute approximate surface area is 157 Å². The summed E-state index contributed by atoms with van der Waals surface area (Å²) in [5.74, 6) is -1.04. The van der Waals surface area contributed by atoms with E-state index in [4.69, 9.17) is 4.74 Å². The number of carbonyl (C=O) groups is 3. The molecule has 3 amide bonds. The molecular weight excluding hydrogens is 344 g/mol. The second-order valence-electron chi connectivity index (χ2n) is 6.76. The van der Waals surface area contributed by atoms with Gasteiger partial charge in [0.15, 0.2) is 0 Å². The monoisotopic (exact) mass is 364 g/mol. The maximum atomic E-state index is 12.7. The van der Waals surface area contributed by atoms with E-state index in [1.54, 1.807) is 29.2 Å². The minimum absolute atomic E-state index is 0.0905. The molecule has 1 saturated heterocycles. The van der Waals surface area contributed by atoms with E-state index in [0.29, 0.717) is 30.8 Å². The van der Waals surface area contributed by atoms with Crippen molar-refractivity contribution in [3.63, 3.8) is 0 Å². The lowest BCUT2D eigenvalue weighted by molar-refractivity contribution is -0.138. The summed E-state index contributed by atoms with van der Waals surface area (Å²) in [5.41, 5.74) is 1.87. The Morgan fingerprint density at radius 3 is 2.26 bits per heavy atom. The van der Waals surface area contributed by atoms with Gasteiger partial charge >= 0.3 is 0 Å². The summed E-state index contributed by atoms with van der Waals surface area (Å²) in [5, 5.41) is 0. The molecule has 1 atom stereocenters. The van der Waals surface area contributed by atoms with Crippen LogP contribution in [0, 0.1) is 0 Å². The van der Waals surface area contributed by atoms with Crippen LogP contribution in [-0.2, 0) is 16.0 Å². The number of nitrogens with zero attached hydrogens (tertiary/aromatic N) is 2. The molecule has 2 aliphatic heterocycles. The molecule has 2 heterocycles. The van der Waals surface area contributed by atoms with E-state index >= 15 is 0 Å². The zero-order valence-corrected chi connectivity index (χ0v) is 14.8. The fourth-order valence-electron chi connectivity index (χ4n) is 3.56. The quantitative estimate of drug-likeness (QED) is 0.776. The fraction of sp³-hybridized carbons (Fsp3) is 0.286. The summed E-state index contributed by atoms with van der Waals surface area (Å²) < 4.78 is 5.78. The highest BCUT2D eigenvalue weighted by Gasteiger charge is 2.37. The van der Waals surface area contributed by atoms with Gasteiger partial charge in [0.25, 0.3) is 11.8 Å². The minimum atomic E-state index is -0.405. The first-order valence-corrected chi connectivity index (χ1v) is 9.02. The third-order valence-electron chi connectivity index (χ3n) is 4.97. The Hall–Kier alpha value is -2.99. The van der Waals surface area contributed by atoms with E-state index in [-0.39, 0.29) is 18.6 Å². The highest BCUT2D eigenvalue weighted by molar-refractivity contribution is 6.22. The molecule has 0 N–H and O–H groups in total. The Kier molecular flexibility index (Phi) is 4.73. The number of morpholine rings is 1. The fourth-order valence-corrected chi connectivity index (χ4v) is 3.56. The molecule has 0 aliphatic carbocycles. The Morgan fingerprint density at radius 1 is 0.963 bits per heavy atom. The number of ether oxygens (including phenoxy) is 1. The summed E-state index contributed by atoms with van der Waals surface area (Å²) >= 11 is 0. The van der Waals surface area contributed by atoms with Crippen molar-refractivity contribution in [2.75, 3.05) is 26.2 Å². The molecule has 0 saturated carbocycles. The van der Waals surface area contributed by atoms with Gasteiger partial charge in [-0.05, 0) is 17.7 Å². The number of hydrogen-bond donors (Lipinski definition) is 0.